The van der Waals surface area contributed by atoms with Gasteiger partial charge in [-0.1, -0.05) is 19.9 Å². The van der Waals surface area contributed by atoms with Gasteiger partial charge in [-0.2, -0.15) is 0 Å². The minimum Gasteiger partial charge on any atom is -0.330 e. The summed E-state index contributed by atoms with van der Waals surface area (Å²) in [4.78, 5) is 0.362. The summed E-state index contributed by atoms with van der Waals surface area (Å²) in [6, 6.07) is 5.44. The van der Waals surface area contributed by atoms with Crippen LogP contribution in [-0.2, 0) is 22.9 Å². The Hall–Kier alpha value is -0.910. The van der Waals surface area contributed by atoms with Gasteiger partial charge in [-0.25, -0.2) is 13.1 Å². The molecular formula is C14H22N2O2S. The van der Waals surface area contributed by atoms with E-state index in [4.69, 9.17) is 5.73 Å². The van der Waals surface area contributed by atoms with E-state index in [1.807, 2.05) is 19.9 Å². The highest BCUT2D eigenvalue weighted by molar-refractivity contribution is 7.89. The predicted molar refractivity (Wildman–Crippen MR) is 76.5 cm³/mol. The van der Waals surface area contributed by atoms with Crippen LogP contribution in [0.25, 0.3) is 0 Å². The lowest BCUT2D eigenvalue weighted by atomic mass is 9.95. The Morgan fingerprint density at radius 2 is 1.95 bits per heavy atom. The van der Waals surface area contributed by atoms with E-state index in [0.29, 0.717) is 18.0 Å². The molecule has 0 amide bonds. The van der Waals surface area contributed by atoms with Crippen molar-refractivity contribution in [3.8, 4) is 0 Å². The van der Waals surface area contributed by atoms with Crippen molar-refractivity contribution in [1.82, 2.24) is 4.72 Å². The number of nitrogens with one attached hydrogen (secondary N) is 1. The molecule has 1 aromatic rings. The smallest absolute Gasteiger partial charge is 0.240 e. The van der Waals surface area contributed by atoms with Gasteiger partial charge in [-0.3, -0.25) is 0 Å². The molecule has 0 aromatic heterocycles. The quantitative estimate of drug-likeness (QED) is 0.858. The van der Waals surface area contributed by atoms with Gasteiger partial charge in [0.05, 0.1) is 4.90 Å². The van der Waals surface area contributed by atoms with E-state index < -0.39 is 10.0 Å². The van der Waals surface area contributed by atoms with Crippen molar-refractivity contribution in [3.05, 3.63) is 29.3 Å². The van der Waals surface area contributed by atoms with Gasteiger partial charge in [0.25, 0.3) is 0 Å². The van der Waals surface area contributed by atoms with Crippen LogP contribution < -0.4 is 10.5 Å². The molecule has 0 saturated carbocycles. The second-order valence-electron chi connectivity index (χ2n) is 5.98. The van der Waals surface area contributed by atoms with Crippen LogP contribution in [0.4, 0.5) is 0 Å². The van der Waals surface area contributed by atoms with E-state index >= 15 is 0 Å². The van der Waals surface area contributed by atoms with Gasteiger partial charge in [0.2, 0.25) is 10.0 Å². The normalized spacial score (nSPS) is 15.5. The highest BCUT2D eigenvalue weighted by atomic mass is 32.2. The molecular weight excluding hydrogens is 260 g/mol. The summed E-state index contributed by atoms with van der Waals surface area (Å²) < 4.78 is 27.1. The highest BCUT2D eigenvalue weighted by Crippen LogP contribution is 2.24. The fourth-order valence-electron chi connectivity index (χ4n) is 2.16. The van der Waals surface area contributed by atoms with Gasteiger partial charge in [0.15, 0.2) is 0 Å². The van der Waals surface area contributed by atoms with Crippen LogP contribution in [0.2, 0.25) is 0 Å². The van der Waals surface area contributed by atoms with Crippen LogP contribution in [0.5, 0.6) is 0 Å². The number of fused-ring (bicyclic) bond motifs is 1. The molecule has 19 heavy (non-hydrogen) atoms. The molecule has 0 saturated heterocycles. The van der Waals surface area contributed by atoms with Crippen LogP contribution in [-0.4, -0.2) is 21.5 Å². The Bertz CT molecular complexity index is 565. The summed E-state index contributed by atoms with van der Waals surface area (Å²) in [7, 11) is -3.43. The van der Waals surface area contributed by atoms with E-state index in [1.54, 1.807) is 12.1 Å². The summed E-state index contributed by atoms with van der Waals surface area (Å²) in [6.45, 7) is 4.68. The molecule has 4 nitrogen and oxygen atoms in total. The number of benzene rings is 1. The lowest BCUT2D eigenvalue weighted by Gasteiger charge is -2.22. The molecule has 1 aliphatic rings. The van der Waals surface area contributed by atoms with Crippen molar-refractivity contribution in [2.24, 2.45) is 11.1 Å². The van der Waals surface area contributed by atoms with Crippen LogP contribution in [0.15, 0.2) is 23.1 Å². The van der Waals surface area contributed by atoms with Gasteiger partial charge in [-0.05, 0) is 54.5 Å². The van der Waals surface area contributed by atoms with Crippen molar-refractivity contribution in [3.63, 3.8) is 0 Å². The van der Waals surface area contributed by atoms with E-state index in [2.05, 4.69) is 4.72 Å². The summed E-state index contributed by atoms with van der Waals surface area (Å²) in [5.41, 5.74) is 7.83. The minimum absolute atomic E-state index is 0.232. The zero-order chi connectivity index (χ0) is 14.1. The molecule has 0 aliphatic heterocycles. The largest absolute Gasteiger partial charge is 0.330 e. The Morgan fingerprint density at radius 3 is 2.63 bits per heavy atom. The molecule has 0 fully saturated rings. The Balaban J connectivity index is 2.16. The van der Waals surface area contributed by atoms with Gasteiger partial charge >= 0.3 is 0 Å². The topological polar surface area (TPSA) is 72.2 Å². The number of rotatable bonds is 5. The van der Waals surface area contributed by atoms with Crippen molar-refractivity contribution >= 4 is 10.0 Å². The maximum Gasteiger partial charge on any atom is 0.240 e. The first-order valence-corrected chi connectivity index (χ1v) is 8.14. The molecule has 0 unspecified atom stereocenters. The van der Waals surface area contributed by atoms with E-state index in [0.717, 1.165) is 19.3 Å². The maximum absolute atomic E-state index is 12.2. The molecule has 106 valence electrons. The third kappa shape index (κ3) is 3.35. The fraction of sp³-hybridized carbons (Fsp3) is 0.571. The first-order valence-electron chi connectivity index (χ1n) is 6.66. The predicted octanol–water partition coefficient (Wildman–Crippen LogP) is 1.44. The summed E-state index contributed by atoms with van der Waals surface area (Å²) in [5, 5.41) is 0. The van der Waals surface area contributed by atoms with E-state index in [9.17, 15) is 8.42 Å². The first-order chi connectivity index (χ1) is 8.84. The average Bonchev–Trinajstić information content (AvgIpc) is 2.84. The first kappa shape index (κ1) is 14.5. The zero-order valence-electron chi connectivity index (χ0n) is 11.6. The fourth-order valence-corrected chi connectivity index (χ4v) is 3.45. The second-order valence-corrected chi connectivity index (χ2v) is 7.74. The van der Waals surface area contributed by atoms with Crippen molar-refractivity contribution in [2.75, 3.05) is 13.1 Å². The third-order valence-electron chi connectivity index (χ3n) is 3.67. The Morgan fingerprint density at radius 1 is 1.26 bits per heavy atom. The number of hydrogen-bond acceptors (Lipinski definition) is 3. The van der Waals surface area contributed by atoms with E-state index in [-0.39, 0.29) is 5.41 Å². The van der Waals surface area contributed by atoms with Crippen LogP contribution >= 0.6 is 0 Å². The maximum atomic E-state index is 12.2. The number of sulfonamides is 1. The SMILES string of the molecule is CC(C)(CN)CNS(=O)(=O)c1ccc2c(c1)CCC2. The monoisotopic (exact) mass is 282 g/mol. The number of aryl methyl sites for hydroxylation is 2. The van der Waals surface area contributed by atoms with Gasteiger partial charge in [0.1, 0.15) is 0 Å². The number of nitrogens with two attached hydrogens (primary N) is 1. The molecule has 5 heteroatoms. The lowest BCUT2D eigenvalue weighted by molar-refractivity contribution is 0.376. The van der Waals surface area contributed by atoms with Crippen LogP contribution in [0, 0.1) is 5.41 Å². The zero-order valence-corrected chi connectivity index (χ0v) is 12.4. The summed E-state index contributed by atoms with van der Waals surface area (Å²) in [6.07, 6.45) is 3.16. The van der Waals surface area contributed by atoms with Crippen molar-refractivity contribution in [1.29, 1.82) is 0 Å². The summed E-state index contributed by atoms with van der Waals surface area (Å²) >= 11 is 0. The van der Waals surface area contributed by atoms with Gasteiger partial charge < -0.3 is 5.73 Å². The molecule has 0 radical (unpaired) electrons. The van der Waals surface area contributed by atoms with Crippen molar-refractivity contribution in [2.45, 2.75) is 38.0 Å². The average molecular weight is 282 g/mol. The lowest BCUT2D eigenvalue weighted by Crippen LogP contribution is -2.38. The molecule has 3 N–H and O–H groups in total. The molecule has 0 heterocycles. The summed E-state index contributed by atoms with van der Waals surface area (Å²) in [5.74, 6) is 0. The second kappa shape index (κ2) is 5.23. The van der Waals surface area contributed by atoms with Crippen LogP contribution in [0.3, 0.4) is 0 Å². The molecule has 1 aliphatic carbocycles. The molecule has 0 bridgehead atoms. The van der Waals surface area contributed by atoms with Crippen LogP contribution in [0.1, 0.15) is 31.4 Å². The number of hydrogen-bond donors (Lipinski definition) is 2. The molecule has 1 aromatic carbocycles. The standard InChI is InChI=1S/C14H22N2O2S/c1-14(2,9-15)10-16-19(17,18)13-7-6-11-4-3-5-12(11)8-13/h6-8,16H,3-5,9-10,15H2,1-2H3. The van der Waals surface area contributed by atoms with Gasteiger partial charge in [0, 0.05) is 6.54 Å². The van der Waals surface area contributed by atoms with Gasteiger partial charge in [-0.15, -0.1) is 0 Å². The molecule has 0 spiro atoms. The van der Waals surface area contributed by atoms with E-state index in [1.165, 1.54) is 11.1 Å². The Kier molecular flexibility index (Phi) is 3.99. The van der Waals surface area contributed by atoms with Crippen molar-refractivity contribution < 1.29 is 8.42 Å². The highest BCUT2D eigenvalue weighted by Gasteiger charge is 2.22. The third-order valence-corrected chi connectivity index (χ3v) is 5.07. The molecule has 2 rings (SSSR count). The molecule has 0 atom stereocenters. The Labute approximate surface area is 115 Å². The minimum atomic E-state index is -3.43.